The number of amides is 1. The lowest BCUT2D eigenvalue weighted by molar-refractivity contribution is -0.120. The molecule has 3 heteroatoms. The number of carbonyl (C=O) groups is 1. The van der Waals surface area contributed by atoms with Crippen molar-refractivity contribution in [1.82, 2.24) is 5.43 Å². The number of hydrogen-bond donors (Lipinski definition) is 1. The number of hydrazone groups is 1. The van der Waals surface area contributed by atoms with E-state index >= 15 is 0 Å². The fraction of sp³-hybridized carbons (Fsp3) is 0.0526. The van der Waals surface area contributed by atoms with E-state index in [0.717, 1.165) is 21.9 Å². The highest BCUT2D eigenvalue weighted by molar-refractivity contribution is 5.90. The van der Waals surface area contributed by atoms with Crippen LogP contribution < -0.4 is 5.43 Å². The van der Waals surface area contributed by atoms with Crippen LogP contribution >= 0.6 is 0 Å². The lowest BCUT2D eigenvalue weighted by Crippen LogP contribution is -2.19. The third-order valence-electron chi connectivity index (χ3n) is 3.43. The van der Waals surface area contributed by atoms with Gasteiger partial charge >= 0.3 is 0 Å². The summed E-state index contributed by atoms with van der Waals surface area (Å²) in [6.45, 7) is 0. The van der Waals surface area contributed by atoms with Crippen molar-refractivity contribution in [2.75, 3.05) is 0 Å². The summed E-state index contributed by atoms with van der Waals surface area (Å²) in [5, 5.41) is 6.24. The Morgan fingerprint density at radius 3 is 2.50 bits per heavy atom. The lowest BCUT2D eigenvalue weighted by Gasteiger charge is -2.05. The normalized spacial score (nSPS) is 10.9. The van der Waals surface area contributed by atoms with Gasteiger partial charge in [-0.2, -0.15) is 5.10 Å². The minimum atomic E-state index is -0.122. The van der Waals surface area contributed by atoms with E-state index in [1.807, 2.05) is 72.8 Å². The highest BCUT2D eigenvalue weighted by Crippen LogP contribution is 2.18. The molecule has 0 spiro atoms. The number of rotatable bonds is 4. The predicted octanol–water partition coefficient (Wildman–Crippen LogP) is 3.53. The summed E-state index contributed by atoms with van der Waals surface area (Å²) in [6, 6.07) is 23.7. The van der Waals surface area contributed by atoms with Gasteiger partial charge in [0.05, 0.1) is 12.6 Å². The number of nitrogens with zero attached hydrogens (tertiary/aromatic N) is 1. The zero-order valence-corrected chi connectivity index (χ0v) is 12.1. The van der Waals surface area contributed by atoms with Gasteiger partial charge in [0.25, 0.3) is 0 Å². The van der Waals surface area contributed by atoms with Crippen LogP contribution in [0.15, 0.2) is 77.9 Å². The molecule has 1 N–H and O–H groups in total. The zero-order valence-electron chi connectivity index (χ0n) is 12.1. The molecule has 3 nitrogen and oxygen atoms in total. The van der Waals surface area contributed by atoms with Crippen molar-refractivity contribution in [1.29, 1.82) is 0 Å². The summed E-state index contributed by atoms with van der Waals surface area (Å²) in [4.78, 5) is 12.0. The minimum absolute atomic E-state index is 0.122. The van der Waals surface area contributed by atoms with Crippen molar-refractivity contribution < 1.29 is 4.79 Å². The summed E-state index contributed by atoms with van der Waals surface area (Å²) in [5.41, 5.74) is 4.53. The van der Waals surface area contributed by atoms with Gasteiger partial charge in [0, 0.05) is 0 Å². The van der Waals surface area contributed by atoms with Gasteiger partial charge in [-0.1, -0.05) is 72.8 Å². The average Bonchev–Trinajstić information content (AvgIpc) is 2.56. The topological polar surface area (TPSA) is 41.5 Å². The molecular weight excluding hydrogens is 272 g/mol. The quantitative estimate of drug-likeness (QED) is 0.579. The first kappa shape index (κ1) is 14.0. The van der Waals surface area contributed by atoms with Gasteiger partial charge in [0.15, 0.2) is 0 Å². The first-order valence-corrected chi connectivity index (χ1v) is 7.16. The van der Waals surface area contributed by atoms with Crippen LogP contribution in [0.4, 0.5) is 0 Å². The van der Waals surface area contributed by atoms with E-state index in [2.05, 4.69) is 10.5 Å². The van der Waals surface area contributed by atoms with Gasteiger partial charge < -0.3 is 0 Å². The molecule has 3 aromatic rings. The average molecular weight is 288 g/mol. The van der Waals surface area contributed by atoms with Gasteiger partial charge in [0.1, 0.15) is 0 Å². The highest BCUT2D eigenvalue weighted by Gasteiger charge is 2.05. The van der Waals surface area contributed by atoms with Crippen molar-refractivity contribution in [2.45, 2.75) is 6.42 Å². The summed E-state index contributed by atoms with van der Waals surface area (Å²) in [5.74, 6) is -0.122. The maximum absolute atomic E-state index is 12.0. The Morgan fingerprint density at radius 2 is 1.64 bits per heavy atom. The fourth-order valence-corrected chi connectivity index (χ4v) is 2.38. The van der Waals surface area contributed by atoms with Gasteiger partial charge in [-0.15, -0.1) is 0 Å². The zero-order chi connectivity index (χ0) is 15.2. The van der Waals surface area contributed by atoms with Crippen molar-refractivity contribution in [2.24, 2.45) is 5.10 Å². The van der Waals surface area contributed by atoms with Crippen molar-refractivity contribution >= 4 is 22.9 Å². The number of hydrogen-bond acceptors (Lipinski definition) is 2. The Kier molecular flexibility index (Phi) is 4.25. The van der Waals surface area contributed by atoms with Crippen LogP contribution in [0, 0.1) is 0 Å². The van der Waals surface area contributed by atoms with Gasteiger partial charge in [-0.05, 0) is 21.9 Å². The summed E-state index contributed by atoms with van der Waals surface area (Å²) >= 11 is 0. The lowest BCUT2D eigenvalue weighted by atomic mass is 10.0. The molecule has 0 aliphatic heterocycles. The standard InChI is InChI=1S/C19H16N2O/c22-19(21-20-14-15-7-2-1-3-8-15)13-17-11-6-10-16-9-4-5-12-18(16)17/h1-12,14H,13H2,(H,21,22)/b20-14+. The Morgan fingerprint density at radius 1 is 0.909 bits per heavy atom. The molecule has 0 atom stereocenters. The molecule has 0 heterocycles. The van der Waals surface area contributed by atoms with Crippen LogP contribution in [0.25, 0.3) is 10.8 Å². The van der Waals surface area contributed by atoms with Crippen LogP contribution in [0.5, 0.6) is 0 Å². The molecule has 0 aliphatic rings. The second-order valence-corrected chi connectivity index (χ2v) is 5.02. The summed E-state index contributed by atoms with van der Waals surface area (Å²) < 4.78 is 0. The fourth-order valence-electron chi connectivity index (χ4n) is 2.38. The van der Waals surface area contributed by atoms with Crippen LogP contribution in [-0.2, 0) is 11.2 Å². The third-order valence-corrected chi connectivity index (χ3v) is 3.43. The molecule has 0 saturated carbocycles. The van der Waals surface area contributed by atoms with Gasteiger partial charge in [-0.3, -0.25) is 4.79 Å². The molecule has 1 amide bonds. The molecule has 0 radical (unpaired) electrons. The monoisotopic (exact) mass is 288 g/mol. The summed E-state index contributed by atoms with van der Waals surface area (Å²) in [7, 11) is 0. The molecule has 0 saturated heterocycles. The van der Waals surface area contributed by atoms with Crippen molar-refractivity contribution in [3.8, 4) is 0 Å². The second kappa shape index (κ2) is 6.68. The molecule has 22 heavy (non-hydrogen) atoms. The largest absolute Gasteiger partial charge is 0.273 e. The molecule has 0 unspecified atom stereocenters. The molecule has 0 bridgehead atoms. The van der Waals surface area contributed by atoms with Crippen LogP contribution in [0.2, 0.25) is 0 Å². The van der Waals surface area contributed by atoms with Crippen molar-refractivity contribution in [3.05, 3.63) is 83.9 Å². The van der Waals surface area contributed by atoms with E-state index in [9.17, 15) is 4.79 Å². The molecule has 0 aliphatic carbocycles. The molecule has 0 aromatic heterocycles. The Labute approximate surface area is 129 Å². The molecular formula is C19H16N2O. The van der Waals surface area contributed by atoms with E-state index < -0.39 is 0 Å². The number of fused-ring (bicyclic) bond motifs is 1. The van der Waals surface area contributed by atoms with E-state index in [4.69, 9.17) is 0 Å². The first-order valence-electron chi connectivity index (χ1n) is 7.16. The highest BCUT2D eigenvalue weighted by atomic mass is 16.2. The Hall–Kier alpha value is -2.94. The third kappa shape index (κ3) is 3.38. The molecule has 3 aromatic carbocycles. The SMILES string of the molecule is O=C(Cc1cccc2ccccc12)N/N=C/c1ccccc1. The van der Waals surface area contributed by atoms with Gasteiger partial charge in [-0.25, -0.2) is 5.43 Å². The molecule has 108 valence electrons. The van der Waals surface area contributed by atoms with Gasteiger partial charge in [0.2, 0.25) is 5.91 Å². The second-order valence-electron chi connectivity index (χ2n) is 5.02. The van der Waals surface area contributed by atoms with Crippen LogP contribution in [0.1, 0.15) is 11.1 Å². The van der Waals surface area contributed by atoms with Crippen LogP contribution in [-0.4, -0.2) is 12.1 Å². The number of carbonyl (C=O) groups excluding carboxylic acids is 1. The van der Waals surface area contributed by atoms with E-state index in [1.165, 1.54) is 0 Å². The van der Waals surface area contributed by atoms with Crippen molar-refractivity contribution in [3.63, 3.8) is 0 Å². The van der Waals surface area contributed by atoms with Crippen LogP contribution in [0.3, 0.4) is 0 Å². The van der Waals surface area contributed by atoms with E-state index in [1.54, 1.807) is 6.21 Å². The molecule has 3 rings (SSSR count). The Balaban J connectivity index is 1.67. The van der Waals surface area contributed by atoms with E-state index in [-0.39, 0.29) is 5.91 Å². The maximum atomic E-state index is 12.0. The maximum Gasteiger partial charge on any atom is 0.244 e. The molecule has 0 fully saturated rings. The van der Waals surface area contributed by atoms with E-state index in [0.29, 0.717) is 6.42 Å². The first-order chi connectivity index (χ1) is 10.8. The smallest absolute Gasteiger partial charge is 0.244 e. The summed E-state index contributed by atoms with van der Waals surface area (Å²) in [6.07, 6.45) is 1.95. The number of benzene rings is 3. The minimum Gasteiger partial charge on any atom is -0.273 e. The Bertz CT molecular complexity index is 805. The predicted molar refractivity (Wildman–Crippen MR) is 89.8 cm³/mol. The number of nitrogens with one attached hydrogen (secondary N) is 1.